The molecule has 4 nitrogen and oxygen atoms in total. The molecular weight excluding hydrogens is 296 g/mol. The number of benzene rings is 1. The van der Waals surface area contributed by atoms with Crippen LogP contribution in [0.1, 0.15) is 19.4 Å². The Bertz CT molecular complexity index is 522. The largest absolute Gasteiger partial charge is 0.394 e. The monoisotopic (exact) mass is 314 g/mol. The topological polar surface area (TPSA) is 58.7 Å². The van der Waals surface area contributed by atoms with Crippen molar-refractivity contribution in [1.82, 2.24) is 0 Å². The highest BCUT2D eigenvalue weighted by molar-refractivity contribution is 7.80. The van der Waals surface area contributed by atoms with E-state index < -0.39 is 0 Å². The number of hydrogen-bond acceptors (Lipinski definition) is 4. The first kappa shape index (κ1) is 15.5. The number of ether oxygens (including phenoxy) is 1. The van der Waals surface area contributed by atoms with Crippen LogP contribution in [0.25, 0.3) is 0 Å². The Hall–Kier alpha value is -0.880. The highest BCUT2D eigenvalue weighted by Gasteiger charge is 2.34. The van der Waals surface area contributed by atoms with Crippen LogP contribution >= 0.6 is 23.8 Å². The van der Waals surface area contributed by atoms with Gasteiger partial charge < -0.3 is 20.5 Å². The van der Waals surface area contributed by atoms with Gasteiger partial charge in [0, 0.05) is 18.8 Å². The lowest BCUT2D eigenvalue weighted by Crippen LogP contribution is -2.54. The fourth-order valence-corrected chi connectivity index (χ4v) is 3.14. The highest BCUT2D eigenvalue weighted by atomic mass is 35.5. The van der Waals surface area contributed by atoms with Crippen molar-refractivity contribution in [3.8, 4) is 0 Å². The number of rotatable bonds is 3. The molecule has 110 valence electrons. The number of aliphatic hydroxyl groups excluding tert-OH is 1. The minimum absolute atomic E-state index is 0.0249. The fraction of sp³-hybridized carbons (Fsp3) is 0.500. The van der Waals surface area contributed by atoms with E-state index in [1.165, 1.54) is 0 Å². The average molecular weight is 315 g/mol. The van der Waals surface area contributed by atoms with Crippen molar-refractivity contribution in [2.24, 2.45) is 5.73 Å². The van der Waals surface area contributed by atoms with Gasteiger partial charge in [0.15, 0.2) is 0 Å². The van der Waals surface area contributed by atoms with Gasteiger partial charge in [-0.15, -0.1) is 0 Å². The number of halogens is 1. The molecule has 1 aliphatic heterocycles. The van der Waals surface area contributed by atoms with Crippen LogP contribution in [0.2, 0.25) is 5.02 Å². The van der Waals surface area contributed by atoms with Crippen molar-refractivity contribution >= 4 is 34.5 Å². The third kappa shape index (κ3) is 3.23. The van der Waals surface area contributed by atoms with Gasteiger partial charge in [-0.1, -0.05) is 29.9 Å². The normalized spacial score (nSPS) is 21.8. The summed E-state index contributed by atoms with van der Waals surface area (Å²) in [6, 6.07) is 5.58. The van der Waals surface area contributed by atoms with E-state index in [4.69, 9.17) is 34.3 Å². The summed E-state index contributed by atoms with van der Waals surface area (Å²) in [5.74, 6) is 0. The van der Waals surface area contributed by atoms with Gasteiger partial charge in [-0.25, -0.2) is 0 Å². The van der Waals surface area contributed by atoms with Crippen LogP contribution in [0.15, 0.2) is 18.2 Å². The van der Waals surface area contributed by atoms with Crippen LogP contribution in [-0.2, 0) is 4.74 Å². The third-order valence-electron chi connectivity index (χ3n) is 3.26. The number of aliphatic hydroxyl groups is 1. The summed E-state index contributed by atoms with van der Waals surface area (Å²) in [5, 5.41) is 9.93. The first-order valence-corrected chi connectivity index (χ1v) is 7.24. The molecular formula is C14H19ClN2O2S. The molecule has 1 aromatic rings. The van der Waals surface area contributed by atoms with E-state index in [0.717, 1.165) is 5.69 Å². The molecule has 2 rings (SSSR count). The summed E-state index contributed by atoms with van der Waals surface area (Å²) < 4.78 is 5.82. The Kier molecular flexibility index (Phi) is 4.54. The maximum atomic E-state index is 9.39. The summed E-state index contributed by atoms with van der Waals surface area (Å²) in [4.78, 5) is 2.39. The molecule has 6 heteroatoms. The third-order valence-corrected chi connectivity index (χ3v) is 3.78. The Labute approximate surface area is 129 Å². The van der Waals surface area contributed by atoms with Gasteiger partial charge in [0.05, 0.1) is 28.9 Å². The van der Waals surface area contributed by atoms with Crippen molar-refractivity contribution in [2.45, 2.75) is 25.6 Å². The first-order chi connectivity index (χ1) is 9.34. The predicted octanol–water partition coefficient (Wildman–Crippen LogP) is 1.95. The predicted molar refractivity (Wildman–Crippen MR) is 85.6 cm³/mol. The van der Waals surface area contributed by atoms with Crippen LogP contribution in [0.5, 0.6) is 0 Å². The molecule has 0 saturated carbocycles. The van der Waals surface area contributed by atoms with E-state index in [1.807, 2.05) is 26.0 Å². The Balaban J connectivity index is 2.40. The molecule has 1 atom stereocenters. The Morgan fingerprint density at radius 2 is 2.30 bits per heavy atom. The second-order valence-electron chi connectivity index (χ2n) is 5.56. The average Bonchev–Trinajstić information content (AvgIpc) is 2.36. The zero-order valence-electron chi connectivity index (χ0n) is 11.6. The number of anilines is 1. The molecule has 1 heterocycles. The molecule has 1 aromatic carbocycles. The van der Waals surface area contributed by atoms with Crippen LogP contribution < -0.4 is 10.6 Å². The lowest BCUT2D eigenvalue weighted by molar-refractivity contribution is -0.101. The number of nitrogens with two attached hydrogens (primary N) is 1. The lowest BCUT2D eigenvalue weighted by Gasteiger charge is -2.44. The summed E-state index contributed by atoms with van der Waals surface area (Å²) in [5.41, 5.74) is 7.00. The fourth-order valence-electron chi connectivity index (χ4n) is 2.59. The summed E-state index contributed by atoms with van der Waals surface area (Å²) in [6.07, 6.45) is -0.239. The van der Waals surface area contributed by atoms with Crippen molar-refractivity contribution in [1.29, 1.82) is 0 Å². The smallest absolute Gasteiger partial charge is 0.107 e. The number of nitrogens with zero attached hydrogens (tertiary/aromatic N) is 1. The van der Waals surface area contributed by atoms with Crippen LogP contribution in [0.3, 0.4) is 0 Å². The van der Waals surface area contributed by atoms with E-state index >= 15 is 0 Å². The number of thiocarbonyl (C=S) groups is 1. The van der Waals surface area contributed by atoms with Gasteiger partial charge in [0.2, 0.25) is 0 Å². The van der Waals surface area contributed by atoms with Gasteiger partial charge in [-0.05, 0) is 26.0 Å². The van der Waals surface area contributed by atoms with Gasteiger partial charge in [0.25, 0.3) is 0 Å². The van der Waals surface area contributed by atoms with Crippen molar-refractivity contribution in [3.63, 3.8) is 0 Å². The van der Waals surface area contributed by atoms with E-state index in [1.54, 1.807) is 6.07 Å². The zero-order valence-corrected chi connectivity index (χ0v) is 13.2. The second-order valence-corrected chi connectivity index (χ2v) is 6.41. The Morgan fingerprint density at radius 3 is 2.90 bits per heavy atom. The quantitative estimate of drug-likeness (QED) is 0.835. The Morgan fingerprint density at radius 1 is 1.60 bits per heavy atom. The molecule has 0 spiro atoms. The molecule has 1 aliphatic rings. The second kappa shape index (κ2) is 5.85. The SMILES string of the molecule is CC1(C)CN(c2cccc(Cl)c2C(N)=S)CC(CO)O1. The molecule has 1 unspecified atom stereocenters. The molecule has 1 fully saturated rings. The van der Waals surface area contributed by atoms with Gasteiger partial charge in [-0.3, -0.25) is 0 Å². The van der Waals surface area contributed by atoms with Gasteiger partial charge >= 0.3 is 0 Å². The summed E-state index contributed by atoms with van der Waals surface area (Å²) in [6.45, 7) is 5.22. The van der Waals surface area contributed by atoms with Gasteiger partial charge in [0.1, 0.15) is 4.99 Å². The van der Waals surface area contributed by atoms with Crippen molar-refractivity contribution < 1.29 is 9.84 Å². The first-order valence-electron chi connectivity index (χ1n) is 6.46. The summed E-state index contributed by atoms with van der Waals surface area (Å²) >= 11 is 11.3. The molecule has 0 bridgehead atoms. The summed E-state index contributed by atoms with van der Waals surface area (Å²) in [7, 11) is 0. The van der Waals surface area contributed by atoms with E-state index in [-0.39, 0.29) is 23.3 Å². The molecule has 20 heavy (non-hydrogen) atoms. The molecule has 1 saturated heterocycles. The molecule has 0 aromatic heterocycles. The van der Waals surface area contributed by atoms with E-state index in [9.17, 15) is 5.11 Å². The molecule has 3 N–H and O–H groups in total. The van der Waals surface area contributed by atoms with Gasteiger partial charge in [-0.2, -0.15) is 0 Å². The molecule has 0 aliphatic carbocycles. The maximum Gasteiger partial charge on any atom is 0.107 e. The zero-order chi connectivity index (χ0) is 14.9. The lowest BCUT2D eigenvalue weighted by atomic mass is 10.0. The minimum atomic E-state index is -0.360. The maximum absolute atomic E-state index is 9.39. The number of morpholine rings is 1. The molecule has 0 radical (unpaired) electrons. The van der Waals surface area contributed by atoms with Crippen LogP contribution in [0, 0.1) is 0 Å². The van der Waals surface area contributed by atoms with Crippen molar-refractivity contribution in [3.05, 3.63) is 28.8 Å². The van der Waals surface area contributed by atoms with Crippen LogP contribution in [0.4, 0.5) is 5.69 Å². The molecule has 0 amide bonds. The highest BCUT2D eigenvalue weighted by Crippen LogP contribution is 2.32. The van der Waals surface area contributed by atoms with E-state index in [0.29, 0.717) is 23.7 Å². The standard InChI is InChI=1S/C14H19ClN2O2S/c1-14(2)8-17(6-9(7-18)19-14)11-5-3-4-10(15)12(11)13(16)20/h3-5,9,18H,6-8H2,1-2H3,(H2,16,20). The minimum Gasteiger partial charge on any atom is -0.394 e. The van der Waals surface area contributed by atoms with Crippen LogP contribution in [-0.4, -0.2) is 41.5 Å². The number of hydrogen-bond donors (Lipinski definition) is 2. The van der Waals surface area contributed by atoms with E-state index in [2.05, 4.69) is 4.90 Å². The van der Waals surface area contributed by atoms with Crippen molar-refractivity contribution in [2.75, 3.05) is 24.6 Å².